The Bertz CT molecular complexity index is 68.2. The fraction of sp³-hybridized carbons (Fsp3) is 1.00. The molecule has 0 nitrogen and oxygen atoms in total. The molecule has 1 unspecified atom stereocenters. The molecule has 0 N–H and O–H groups in total. The average molecular weight is 194 g/mol. The fourth-order valence-electron chi connectivity index (χ4n) is 0.207. The van der Waals surface area contributed by atoms with Crippen molar-refractivity contribution in [3.05, 3.63) is 0 Å². The van der Waals surface area contributed by atoms with Gasteiger partial charge in [0.05, 0.1) is 0 Å². The van der Waals surface area contributed by atoms with Crippen LogP contribution in [0.25, 0.3) is 0 Å². The lowest BCUT2D eigenvalue weighted by molar-refractivity contribution is 0.901. The average Bonchev–Trinajstić information content (AvgIpc) is 1.62. The molecular formula is C4H9Cl3P+. The number of hydrogen-bond acceptors (Lipinski definition) is 0. The van der Waals surface area contributed by atoms with Gasteiger partial charge in [0.2, 0.25) is 0 Å². The molecule has 8 heavy (non-hydrogen) atoms. The molecule has 0 aromatic rings. The Balaban J connectivity index is 3.62. The van der Waals surface area contributed by atoms with E-state index in [0.29, 0.717) is 0 Å². The third kappa shape index (κ3) is 3.35. The van der Waals surface area contributed by atoms with Gasteiger partial charge in [-0.2, -0.15) is 0 Å². The maximum absolute atomic E-state index is 5.63. The molecule has 0 aliphatic heterocycles. The molecule has 0 heterocycles. The van der Waals surface area contributed by atoms with E-state index in [4.69, 9.17) is 33.7 Å². The van der Waals surface area contributed by atoms with Crippen LogP contribution in [0.3, 0.4) is 0 Å². The highest BCUT2D eigenvalue weighted by molar-refractivity contribution is 8.33. The van der Waals surface area contributed by atoms with Crippen molar-refractivity contribution in [2.75, 3.05) is 0 Å². The maximum Gasteiger partial charge on any atom is 0.310 e. The van der Waals surface area contributed by atoms with Crippen molar-refractivity contribution in [1.29, 1.82) is 0 Å². The van der Waals surface area contributed by atoms with E-state index >= 15 is 0 Å². The summed E-state index contributed by atoms with van der Waals surface area (Å²) in [6, 6.07) is 0. The summed E-state index contributed by atoms with van der Waals surface area (Å²) in [5.74, 6) is 0. The predicted molar refractivity (Wildman–Crippen MR) is 44.2 cm³/mol. The molecule has 0 aliphatic carbocycles. The van der Waals surface area contributed by atoms with Gasteiger partial charge in [0, 0.05) is 0 Å². The molecule has 0 fully saturated rings. The van der Waals surface area contributed by atoms with Crippen molar-refractivity contribution in [1.82, 2.24) is 0 Å². The van der Waals surface area contributed by atoms with Crippen LogP contribution in [0.4, 0.5) is 0 Å². The van der Waals surface area contributed by atoms with Crippen LogP contribution in [0.5, 0.6) is 0 Å². The lowest BCUT2D eigenvalue weighted by Crippen LogP contribution is -1.93. The first-order chi connectivity index (χ1) is 3.48. The number of rotatable bonds is 2. The van der Waals surface area contributed by atoms with Gasteiger partial charge in [0.15, 0.2) is 0 Å². The molecular weight excluding hydrogens is 185 g/mol. The SMILES string of the molecule is CCC(C)[P+](Cl)(Cl)Cl. The highest BCUT2D eigenvalue weighted by Gasteiger charge is 2.39. The van der Waals surface area contributed by atoms with Crippen LogP contribution in [0.2, 0.25) is 0 Å². The third-order valence-electron chi connectivity index (χ3n) is 1.09. The summed E-state index contributed by atoms with van der Waals surface area (Å²) in [7, 11) is 0. The van der Waals surface area contributed by atoms with E-state index in [1.54, 1.807) is 0 Å². The molecule has 0 amide bonds. The lowest BCUT2D eigenvalue weighted by Gasteiger charge is -2.05. The topological polar surface area (TPSA) is 0 Å². The Kier molecular flexibility index (Phi) is 4.03. The summed E-state index contributed by atoms with van der Waals surface area (Å²) in [5, 5.41) is -2.09. The van der Waals surface area contributed by atoms with E-state index in [9.17, 15) is 0 Å². The minimum absolute atomic E-state index is 0.257. The molecule has 0 aromatic heterocycles. The molecule has 0 saturated carbocycles. The van der Waals surface area contributed by atoms with Gasteiger partial charge < -0.3 is 0 Å². The molecule has 0 rings (SSSR count). The standard InChI is InChI=1S/C4H9Cl3P/c1-3-4(2)8(5,6)7/h4H,3H2,1-2H3/q+1. The van der Waals surface area contributed by atoms with E-state index in [0.717, 1.165) is 6.42 Å². The van der Waals surface area contributed by atoms with E-state index in [-0.39, 0.29) is 5.66 Å². The Labute approximate surface area is 65.2 Å². The molecule has 0 radical (unpaired) electrons. The van der Waals surface area contributed by atoms with Crippen molar-refractivity contribution >= 4 is 39.0 Å². The highest BCUT2D eigenvalue weighted by atomic mass is 36.1. The second-order valence-corrected chi connectivity index (χ2v) is 9.95. The summed E-state index contributed by atoms with van der Waals surface area (Å²) < 4.78 is 0. The fourth-order valence-corrected chi connectivity index (χ4v) is 1.86. The summed E-state index contributed by atoms with van der Waals surface area (Å²) in [6.45, 7) is 3.98. The van der Waals surface area contributed by atoms with E-state index in [2.05, 4.69) is 0 Å². The molecule has 4 heteroatoms. The van der Waals surface area contributed by atoms with E-state index in [1.807, 2.05) is 13.8 Å². The molecule has 1 atom stereocenters. The molecule has 0 aromatic carbocycles. The minimum Gasteiger partial charge on any atom is -0.0615 e. The smallest absolute Gasteiger partial charge is 0.0615 e. The van der Waals surface area contributed by atoms with Crippen LogP contribution >= 0.6 is 39.0 Å². The molecule has 0 saturated heterocycles. The Morgan fingerprint density at radius 2 is 1.75 bits per heavy atom. The second kappa shape index (κ2) is 3.46. The third-order valence-corrected chi connectivity index (χ3v) is 5.45. The largest absolute Gasteiger partial charge is 0.310 e. The number of hydrogen-bond donors (Lipinski definition) is 0. The molecule has 0 aliphatic rings. The van der Waals surface area contributed by atoms with Gasteiger partial charge in [-0.25, -0.2) is 0 Å². The Morgan fingerprint density at radius 1 is 1.38 bits per heavy atom. The number of halogens is 3. The normalized spacial score (nSPS) is 16.1. The first kappa shape index (κ1) is 9.30. The summed E-state index contributed by atoms with van der Waals surface area (Å²) in [4.78, 5) is 0. The second-order valence-electron chi connectivity index (χ2n) is 1.74. The highest BCUT2D eigenvalue weighted by Crippen LogP contribution is 2.77. The van der Waals surface area contributed by atoms with Crippen LogP contribution in [0, 0.1) is 0 Å². The van der Waals surface area contributed by atoms with Crippen molar-refractivity contribution in [3.63, 3.8) is 0 Å². The van der Waals surface area contributed by atoms with Crippen LogP contribution in [0.1, 0.15) is 20.3 Å². The predicted octanol–water partition coefficient (Wildman–Crippen LogP) is 4.26. The first-order valence-corrected chi connectivity index (χ1v) is 7.03. The summed E-state index contributed by atoms with van der Waals surface area (Å²) in [6.07, 6.45) is 0.949. The Morgan fingerprint density at radius 3 is 1.75 bits per heavy atom. The first-order valence-electron chi connectivity index (χ1n) is 2.46. The van der Waals surface area contributed by atoms with Gasteiger partial charge in [0.1, 0.15) is 39.4 Å². The lowest BCUT2D eigenvalue weighted by atomic mass is 10.4. The summed E-state index contributed by atoms with van der Waals surface area (Å²) in [5.41, 5.74) is 0.257. The maximum atomic E-state index is 5.63. The van der Waals surface area contributed by atoms with Crippen LogP contribution < -0.4 is 0 Å². The van der Waals surface area contributed by atoms with Crippen molar-refractivity contribution in [3.8, 4) is 0 Å². The van der Waals surface area contributed by atoms with Crippen molar-refractivity contribution in [2.45, 2.75) is 25.9 Å². The van der Waals surface area contributed by atoms with Crippen molar-refractivity contribution in [2.24, 2.45) is 0 Å². The molecule has 0 spiro atoms. The zero-order valence-corrected chi connectivity index (χ0v) is 8.03. The van der Waals surface area contributed by atoms with E-state index in [1.165, 1.54) is 0 Å². The molecule has 0 bridgehead atoms. The quantitative estimate of drug-likeness (QED) is 0.576. The van der Waals surface area contributed by atoms with Gasteiger partial charge in [-0.1, -0.05) is 6.92 Å². The van der Waals surface area contributed by atoms with Crippen LogP contribution in [-0.2, 0) is 0 Å². The van der Waals surface area contributed by atoms with Crippen molar-refractivity contribution < 1.29 is 0 Å². The zero-order chi connectivity index (χ0) is 6.78. The van der Waals surface area contributed by atoms with E-state index < -0.39 is 5.32 Å². The van der Waals surface area contributed by atoms with Gasteiger partial charge in [0.25, 0.3) is 0 Å². The summed E-state index contributed by atoms with van der Waals surface area (Å²) >= 11 is 16.9. The van der Waals surface area contributed by atoms with Crippen LogP contribution in [-0.4, -0.2) is 5.66 Å². The van der Waals surface area contributed by atoms with Gasteiger partial charge in [-0.15, -0.1) is 0 Å². The van der Waals surface area contributed by atoms with Gasteiger partial charge in [-0.3, -0.25) is 0 Å². The zero-order valence-electron chi connectivity index (χ0n) is 4.87. The van der Waals surface area contributed by atoms with Gasteiger partial charge >= 0.3 is 5.32 Å². The molecule has 50 valence electrons. The monoisotopic (exact) mass is 193 g/mol. The van der Waals surface area contributed by atoms with Crippen LogP contribution in [0.15, 0.2) is 0 Å². The minimum atomic E-state index is -2.09. The van der Waals surface area contributed by atoms with Gasteiger partial charge in [-0.05, 0) is 13.3 Å². The Hall–Kier alpha value is 1.30.